The number of ether oxygens (including phenoxy) is 7. The lowest BCUT2D eigenvalue weighted by Crippen LogP contribution is -2.65. The van der Waals surface area contributed by atoms with Gasteiger partial charge in [0.25, 0.3) is 0 Å². The molecule has 0 unspecified atom stereocenters. The Morgan fingerprint density at radius 2 is 1.30 bits per heavy atom. The van der Waals surface area contributed by atoms with E-state index in [0.29, 0.717) is 5.56 Å². The summed E-state index contributed by atoms with van der Waals surface area (Å²) < 4.78 is 45.7. The van der Waals surface area contributed by atoms with Crippen LogP contribution < -0.4 is 14.9 Å². The monoisotopic (exact) mass is 902 g/mol. The van der Waals surface area contributed by atoms with Gasteiger partial charge in [0.1, 0.15) is 102 Å². The molecule has 15 atom stereocenters. The summed E-state index contributed by atoms with van der Waals surface area (Å²) in [7, 11) is 0. The zero-order chi connectivity index (χ0) is 46.1. The first-order valence-corrected chi connectivity index (χ1v) is 19.7. The summed E-state index contributed by atoms with van der Waals surface area (Å²) in [6.45, 7) is -0.198. The van der Waals surface area contributed by atoms with Crippen molar-refractivity contribution in [3.8, 4) is 40.1 Å². The number of carbonyl (C=O) groups excluding carboxylic acids is 1. The Kier molecular flexibility index (Phi) is 14.1. The predicted molar refractivity (Wildman–Crippen MR) is 212 cm³/mol. The van der Waals surface area contributed by atoms with E-state index in [2.05, 4.69) is 0 Å². The molecule has 0 spiro atoms. The molecule has 3 aliphatic heterocycles. The van der Waals surface area contributed by atoms with Crippen molar-refractivity contribution in [2.45, 2.75) is 99.0 Å². The summed E-state index contributed by atoms with van der Waals surface area (Å²) in [5.41, 5.74) is -0.832. The van der Waals surface area contributed by atoms with Crippen LogP contribution in [0.25, 0.3) is 28.4 Å². The third-order valence-electron chi connectivity index (χ3n) is 10.8. The number of aliphatic hydroxyl groups is 9. The number of phenolic OH excluding ortho intramolecular Hbond substituents is 3. The van der Waals surface area contributed by atoms with Crippen LogP contribution in [0.2, 0.25) is 0 Å². The molecule has 4 heterocycles. The van der Waals surface area contributed by atoms with Crippen LogP contribution in [0.5, 0.6) is 28.7 Å². The average Bonchev–Trinajstić information content (AvgIpc) is 3.27. The van der Waals surface area contributed by atoms with Gasteiger partial charge in [0, 0.05) is 23.8 Å². The van der Waals surface area contributed by atoms with E-state index in [1.165, 1.54) is 61.5 Å². The molecule has 3 saturated heterocycles. The van der Waals surface area contributed by atoms with E-state index < -0.39 is 139 Å². The van der Waals surface area contributed by atoms with Gasteiger partial charge in [-0.3, -0.25) is 4.79 Å². The van der Waals surface area contributed by atoms with E-state index in [0.717, 1.165) is 18.2 Å². The molecule has 3 aliphatic rings. The zero-order valence-electron chi connectivity index (χ0n) is 33.5. The molecule has 12 N–H and O–H groups in total. The Labute approximate surface area is 361 Å². The normalized spacial score (nSPS) is 33.2. The zero-order valence-corrected chi connectivity index (χ0v) is 33.5. The molecule has 4 aromatic rings. The summed E-state index contributed by atoms with van der Waals surface area (Å²) in [4.78, 5) is 26.9. The van der Waals surface area contributed by atoms with Crippen LogP contribution in [0.15, 0.2) is 76.0 Å². The van der Waals surface area contributed by atoms with Crippen LogP contribution in [-0.2, 0) is 28.5 Å². The molecule has 3 fully saturated rings. The van der Waals surface area contributed by atoms with Crippen molar-refractivity contribution in [1.82, 2.24) is 0 Å². The second kappa shape index (κ2) is 19.3. The van der Waals surface area contributed by atoms with E-state index in [1.807, 2.05) is 0 Å². The van der Waals surface area contributed by atoms with Crippen LogP contribution in [0.1, 0.15) is 12.5 Å². The molecule has 7 rings (SSSR count). The maximum Gasteiger partial charge on any atom is 0.330 e. The summed E-state index contributed by atoms with van der Waals surface area (Å²) in [6, 6.07) is 13.0. The number of carbonyl (C=O) groups is 1. The van der Waals surface area contributed by atoms with Crippen molar-refractivity contribution in [3.05, 3.63) is 82.5 Å². The van der Waals surface area contributed by atoms with E-state index in [9.17, 15) is 70.9 Å². The first-order valence-electron chi connectivity index (χ1n) is 19.7. The number of hydrogen-bond donors (Lipinski definition) is 12. The number of aliphatic hydroxyl groups excluding tert-OH is 9. The third-order valence-corrected chi connectivity index (χ3v) is 10.8. The Balaban J connectivity index is 1.18. The fraction of sp³-hybridized carbons (Fsp3) is 0.429. The molecule has 22 heteroatoms. The van der Waals surface area contributed by atoms with Gasteiger partial charge in [-0.15, -0.1) is 0 Å². The number of rotatable bonds is 12. The molecule has 1 aromatic heterocycles. The van der Waals surface area contributed by atoms with Gasteiger partial charge in [0.15, 0.2) is 18.2 Å². The molecule has 0 bridgehead atoms. The van der Waals surface area contributed by atoms with Crippen LogP contribution in [0.4, 0.5) is 0 Å². The van der Waals surface area contributed by atoms with Crippen molar-refractivity contribution >= 4 is 23.0 Å². The number of phenols is 3. The van der Waals surface area contributed by atoms with Gasteiger partial charge in [-0.1, -0.05) is 12.1 Å². The van der Waals surface area contributed by atoms with E-state index >= 15 is 0 Å². The Morgan fingerprint density at radius 3 is 1.97 bits per heavy atom. The Hall–Kier alpha value is -5.44. The number of hydrogen-bond acceptors (Lipinski definition) is 22. The lowest BCUT2D eigenvalue weighted by Gasteiger charge is -2.45. The minimum Gasteiger partial charge on any atom is -0.508 e. The molecule has 346 valence electrons. The quantitative estimate of drug-likeness (QED) is 0.0543. The largest absolute Gasteiger partial charge is 0.508 e. The van der Waals surface area contributed by atoms with Crippen molar-refractivity contribution < 1.29 is 104 Å². The molecule has 22 nitrogen and oxygen atoms in total. The molecule has 0 saturated carbocycles. The number of fused-ring (bicyclic) bond motifs is 1. The van der Waals surface area contributed by atoms with Crippen molar-refractivity contribution in [2.75, 3.05) is 13.2 Å². The van der Waals surface area contributed by atoms with Gasteiger partial charge in [0.05, 0.1) is 12.7 Å². The molecule has 0 radical (unpaired) electrons. The number of aromatic hydroxyl groups is 3. The topological polar surface area (TPSA) is 355 Å². The van der Waals surface area contributed by atoms with Crippen LogP contribution in [-0.4, -0.2) is 173 Å². The highest BCUT2D eigenvalue weighted by atomic mass is 16.8. The van der Waals surface area contributed by atoms with Crippen molar-refractivity contribution in [3.63, 3.8) is 0 Å². The van der Waals surface area contributed by atoms with Crippen LogP contribution in [0, 0.1) is 0 Å². The lowest BCUT2D eigenvalue weighted by atomic mass is 9.97. The molecule has 0 amide bonds. The standard InChI is InChI=1S/C42H46O22/c1-16-28(48)32(52)35(55)40(58-16)59-21-12-22(46)27-23(13-21)60-37(18-5-9-20(45)10-6-18)38(31(27)51)63-42-39(34(54)29(49)24(14-43)61-42)64-41-36(56)33(53)30(50)25(62-41)15-57-26(47)11-4-17-2-7-19(44)8-3-17/h2-13,16,24-25,28-30,32-36,39-46,48-50,52-56H,14-15H2,1H3/t16-,24+,25+,28-,29+,30+,32+,33-,34-,35+,36+,39+,40-,41-,42-/m0/s1. The number of benzene rings is 3. The molecular weight excluding hydrogens is 856 g/mol. The first kappa shape index (κ1) is 46.5. The van der Waals surface area contributed by atoms with Gasteiger partial charge < -0.3 is 98.9 Å². The smallest absolute Gasteiger partial charge is 0.330 e. The summed E-state index contributed by atoms with van der Waals surface area (Å²) in [5, 5.41) is 126. The maximum absolute atomic E-state index is 14.4. The molecule has 3 aromatic carbocycles. The second-order valence-electron chi connectivity index (χ2n) is 15.2. The minimum absolute atomic E-state index is 0.00357. The van der Waals surface area contributed by atoms with Crippen LogP contribution in [0.3, 0.4) is 0 Å². The summed E-state index contributed by atoms with van der Waals surface area (Å²) in [6.07, 6.45) is -24.0. The fourth-order valence-electron chi connectivity index (χ4n) is 7.18. The minimum atomic E-state index is -2.07. The Morgan fingerprint density at radius 1 is 0.688 bits per heavy atom. The van der Waals surface area contributed by atoms with Gasteiger partial charge in [0.2, 0.25) is 23.8 Å². The summed E-state index contributed by atoms with van der Waals surface area (Å²) in [5.74, 6) is -3.23. The SMILES string of the molecule is C[C@@H]1O[C@@H](Oc2cc(O)c3c(=O)c(O[C@@H]4O[C@H](CO)[C@@H](O)[C@H](O)[C@H]4O[C@@H]4O[C@H](COC(=O)C=Cc5ccc(O)cc5)[C@@H](O)[C@H](O)[C@H]4O)c(-c4ccc(O)cc4)oc3c2)[C@H](O)[C@H](O)[C@H]1O. The molecular formula is C42H46O22. The average molecular weight is 903 g/mol. The fourth-order valence-corrected chi connectivity index (χ4v) is 7.18. The Bertz CT molecular complexity index is 2340. The maximum atomic E-state index is 14.4. The van der Waals surface area contributed by atoms with Gasteiger partial charge in [-0.25, -0.2) is 4.79 Å². The van der Waals surface area contributed by atoms with E-state index in [4.69, 9.17) is 37.6 Å². The second-order valence-corrected chi connectivity index (χ2v) is 15.2. The highest BCUT2D eigenvalue weighted by molar-refractivity contribution is 5.88. The van der Waals surface area contributed by atoms with Crippen molar-refractivity contribution in [1.29, 1.82) is 0 Å². The molecule has 64 heavy (non-hydrogen) atoms. The summed E-state index contributed by atoms with van der Waals surface area (Å²) >= 11 is 0. The third kappa shape index (κ3) is 9.64. The van der Waals surface area contributed by atoms with Gasteiger partial charge >= 0.3 is 5.97 Å². The predicted octanol–water partition coefficient (Wildman–Crippen LogP) is -1.95. The highest BCUT2D eigenvalue weighted by Crippen LogP contribution is 2.39. The lowest BCUT2D eigenvalue weighted by molar-refractivity contribution is -0.358. The van der Waals surface area contributed by atoms with Gasteiger partial charge in [-0.05, 0) is 55.0 Å². The molecule has 0 aliphatic carbocycles. The number of esters is 1. The van der Waals surface area contributed by atoms with E-state index in [1.54, 1.807) is 0 Å². The van der Waals surface area contributed by atoms with Gasteiger partial charge in [-0.2, -0.15) is 0 Å². The van der Waals surface area contributed by atoms with E-state index in [-0.39, 0.29) is 28.4 Å². The van der Waals surface area contributed by atoms with Crippen LogP contribution >= 0.6 is 0 Å². The first-order chi connectivity index (χ1) is 30.4. The van der Waals surface area contributed by atoms with Crippen molar-refractivity contribution in [2.24, 2.45) is 0 Å². The highest BCUT2D eigenvalue weighted by Gasteiger charge is 2.52.